The molecule has 0 radical (unpaired) electrons. The Morgan fingerprint density at radius 3 is 2.32 bits per heavy atom. The number of hydrogen-bond acceptors (Lipinski definition) is 3. The van der Waals surface area contributed by atoms with E-state index in [9.17, 15) is 22.8 Å². The van der Waals surface area contributed by atoms with Crippen molar-refractivity contribution in [3.63, 3.8) is 0 Å². The number of alkyl halides is 3. The first-order valence-electron chi connectivity index (χ1n) is 10.2. The van der Waals surface area contributed by atoms with Crippen LogP contribution in [0.4, 0.5) is 13.2 Å². The summed E-state index contributed by atoms with van der Waals surface area (Å²) < 4.78 is 44.8. The Labute approximate surface area is 179 Å². The second-order valence-corrected chi connectivity index (χ2v) is 7.43. The first-order valence-corrected chi connectivity index (χ1v) is 10.2. The summed E-state index contributed by atoms with van der Waals surface area (Å²) in [7, 11) is 0. The van der Waals surface area contributed by atoms with E-state index in [0.717, 1.165) is 17.4 Å². The second-order valence-electron chi connectivity index (χ2n) is 7.43. The summed E-state index contributed by atoms with van der Waals surface area (Å²) in [4.78, 5) is 26.7. The van der Waals surface area contributed by atoms with Crippen LogP contribution in [0.5, 0.6) is 5.75 Å². The number of halogens is 3. The van der Waals surface area contributed by atoms with Crippen molar-refractivity contribution in [2.45, 2.75) is 38.4 Å². The number of ether oxygens (including phenoxy) is 1. The summed E-state index contributed by atoms with van der Waals surface area (Å²) >= 11 is 0. The zero-order chi connectivity index (χ0) is 22.4. The third-order valence-electron chi connectivity index (χ3n) is 5.25. The number of carbonyl (C=O) groups excluding carboxylic acids is 2. The standard InChI is InChI=1S/C23H25F3N2O3/c1-2-31-18-9-7-16(8-10-18)15-21(29)28-13-11-17(12-14-28)27-22(30)19-5-3-4-6-20(19)23(24,25)26/h3-10,17H,2,11-15H2,1H3,(H,27,30). The zero-order valence-electron chi connectivity index (χ0n) is 17.2. The second kappa shape index (κ2) is 9.85. The van der Waals surface area contributed by atoms with E-state index in [-0.39, 0.29) is 23.9 Å². The predicted molar refractivity (Wildman–Crippen MR) is 110 cm³/mol. The van der Waals surface area contributed by atoms with Crippen molar-refractivity contribution in [3.05, 3.63) is 65.2 Å². The van der Waals surface area contributed by atoms with Gasteiger partial charge in [-0.3, -0.25) is 9.59 Å². The van der Waals surface area contributed by atoms with Crippen molar-refractivity contribution in [2.75, 3.05) is 19.7 Å². The number of rotatable bonds is 6. The molecule has 0 aliphatic carbocycles. The molecule has 166 valence electrons. The summed E-state index contributed by atoms with van der Waals surface area (Å²) in [6, 6.07) is 11.8. The van der Waals surface area contributed by atoms with Crippen LogP contribution in [0.25, 0.3) is 0 Å². The van der Waals surface area contributed by atoms with Crippen LogP contribution in [0.15, 0.2) is 48.5 Å². The maximum atomic E-state index is 13.1. The Balaban J connectivity index is 1.51. The first-order chi connectivity index (χ1) is 14.8. The lowest BCUT2D eigenvalue weighted by Crippen LogP contribution is -2.47. The summed E-state index contributed by atoms with van der Waals surface area (Å²) in [5.74, 6) is -0.00852. The molecule has 2 amide bonds. The van der Waals surface area contributed by atoms with E-state index >= 15 is 0 Å². The number of amides is 2. The van der Waals surface area contributed by atoms with Crippen LogP contribution < -0.4 is 10.1 Å². The summed E-state index contributed by atoms with van der Waals surface area (Å²) in [5.41, 5.74) is -0.452. The quantitative estimate of drug-likeness (QED) is 0.746. The summed E-state index contributed by atoms with van der Waals surface area (Å²) in [6.07, 6.45) is -3.34. The molecule has 2 aromatic rings. The molecule has 31 heavy (non-hydrogen) atoms. The molecule has 2 aromatic carbocycles. The number of hydrogen-bond donors (Lipinski definition) is 1. The molecule has 0 aromatic heterocycles. The molecule has 0 bridgehead atoms. The highest BCUT2D eigenvalue weighted by Gasteiger charge is 2.35. The van der Waals surface area contributed by atoms with Gasteiger partial charge in [0, 0.05) is 19.1 Å². The molecule has 3 rings (SSSR count). The van der Waals surface area contributed by atoms with Crippen molar-refractivity contribution in [1.82, 2.24) is 10.2 Å². The van der Waals surface area contributed by atoms with E-state index in [0.29, 0.717) is 32.5 Å². The smallest absolute Gasteiger partial charge is 0.417 e. The van der Waals surface area contributed by atoms with Gasteiger partial charge in [0.2, 0.25) is 5.91 Å². The maximum absolute atomic E-state index is 13.1. The Morgan fingerprint density at radius 1 is 1.06 bits per heavy atom. The van der Waals surface area contributed by atoms with Crippen LogP contribution in [-0.4, -0.2) is 42.5 Å². The Bertz CT molecular complexity index is 905. The Morgan fingerprint density at radius 2 is 1.71 bits per heavy atom. The largest absolute Gasteiger partial charge is 0.494 e. The minimum Gasteiger partial charge on any atom is -0.494 e. The lowest BCUT2D eigenvalue weighted by atomic mass is 10.0. The van der Waals surface area contributed by atoms with Gasteiger partial charge in [0.25, 0.3) is 5.91 Å². The van der Waals surface area contributed by atoms with Gasteiger partial charge in [0.15, 0.2) is 0 Å². The Hall–Kier alpha value is -3.03. The van der Waals surface area contributed by atoms with Gasteiger partial charge in [-0.1, -0.05) is 24.3 Å². The van der Waals surface area contributed by atoms with Crippen molar-refractivity contribution >= 4 is 11.8 Å². The number of piperidine rings is 1. The van der Waals surface area contributed by atoms with E-state index in [1.54, 1.807) is 4.90 Å². The van der Waals surface area contributed by atoms with E-state index in [2.05, 4.69) is 5.32 Å². The van der Waals surface area contributed by atoms with Gasteiger partial charge in [-0.15, -0.1) is 0 Å². The third kappa shape index (κ3) is 5.99. The molecule has 1 aliphatic rings. The van der Waals surface area contributed by atoms with Gasteiger partial charge < -0.3 is 15.0 Å². The van der Waals surface area contributed by atoms with Crippen LogP contribution in [0, 0.1) is 0 Å². The number of nitrogens with zero attached hydrogens (tertiary/aromatic N) is 1. The SMILES string of the molecule is CCOc1ccc(CC(=O)N2CCC(NC(=O)c3ccccc3C(F)(F)F)CC2)cc1. The van der Waals surface area contributed by atoms with Crippen LogP contribution in [0.3, 0.4) is 0 Å². The fourth-order valence-corrected chi connectivity index (χ4v) is 3.62. The molecule has 0 saturated carbocycles. The highest BCUT2D eigenvalue weighted by atomic mass is 19.4. The molecule has 0 unspecified atom stereocenters. The monoisotopic (exact) mass is 434 g/mol. The predicted octanol–water partition coefficient (Wildman–Crippen LogP) is 4.07. The van der Waals surface area contributed by atoms with Gasteiger partial charge in [0.05, 0.1) is 24.2 Å². The van der Waals surface area contributed by atoms with Crippen LogP contribution in [0.1, 0.15) is 41.3 Å². The van der Waals surface area contributed by atoms with Crippen molar-refractivity contribution in [2.24, 2.45) is 0 Å². The molecular weight excluding hydrogens is 409 g/mol. The van der Waals surface area contributed by atoms with Gasteiger partial charge in [-0.2, -0.15) is 13.2 Å². The maximum Gasteiger partial charge on any atom is 0.417 e. The molecule has 5 nitrogen and oxygen atoms in total. The Kier molecular flexibility index (Phi) is 7.20. The van der Waals surface area contributed by atoms with Gasteiger partial charge in [0.1, 0.15) is 5.75 Å². The minimum atomic E-state index is -4.59. The van der Waals surface area contributed by atoms with Crippen LogP contribution in [0.2, 0.25) is 0 Å². The van der Waals surface area contributed by atoms with E-state index in [1.165, 1.54) is 18.2 Å². The molecule has 1 aliphatic heterocycles. The van der Waals surface area contributed by atoms with Crippen LogP contribution in [-0.2, 0) is 17.4 Å². The number of likely N-dealkylation sites (tertiary alicyclic amines) is 1. The normalized spacial score (nSPS) is 14.9. The molecule has 1 fully saturated rings. The number of benzene rings is 2. The van der Waals surface area contributed by atoms with Gasteiger partial charge in [-0.05, 0) is 49.6 Å². The molecule has 0 spiro atoms. The summed E-state index contributed by atoms with van der Waals surface area (Å²) in [5, 5.41) is 2.68. The molecule has 0 atom stereocenters. The molecule has 8 heteroatoms. The van der Waals surface area contributed by atoms with E-state index < -0.39 is 17.6 Å². The molecular formula is C23H25F3N2O3. The topological polar surface area (TPSA) is 58.6 Å². The molecule has 1 heterocycles. The van der Waals surface area contributed by atoms with Crippen molar-refractivity contribution in [1.29, 1.82) is 0 Å². The van der Waals surface area contributed by atoms with Gasteiger partial charge >= 0.3 is 6.18 Å². The third-order valence-corrected chi connectivity index (χ3v) is 5.25. The highest BCUT2D eigenvalue weighted by Crippen LogP contribution is 2.32. The van der Waals surface area contributed by atoms with E-state index in [4.69, 9.17) is 4.74 Å². The lowest BCUT2D eigenvalue weighted by molar-refractivity contribution is -0.138. The lowest BCUT2D eigenvalue weighted by Gasteiger charge is -2.32. The minimum absolute atomic E-state index is 0.0173. The fourth-order valence-electron chi connectivity index (χ4n) is 3.62. The molecule has 1 saturated heterocycles. The van der Waals surface area contributed by atoms with Crippen LogP contribution >= 0.6 is 0 Å². The summed E-state index contributed by atoms with van der Waals surface area (Å²) in [6.45, 7) is 3.37. The average molecular weight is 434 g/mol. The molecule has 1 N–H and O–H groups in total. The highest BCUT2D eigenvalue weighted by molar-refractivity contribution is 5.96. The van der Waals surface area contributed by atoms with E-state index in [1.807, 2.05) is 31.2 Å². The number of carbonyl (C=O) groups is 2. The van der Waals surface area contributed by atoms with Crippen molar-refractivity contribution in [3.8, 4) is 5.75 Å². The number of nitrogens with one attached hydrogen (secondary N) is 1. The zero-order valence-corrected chi connectivity index (χ0v) is 17.2. The average Bonchev–Trinajstić information content (AvgIpc) is 2.75. The first kappa shape index (κ1) is 22.7. The fraction of sp³-hybridized carbons (Fsp3) is 0.391. The van der Waals surface area contributed by atoms with Gasteiger partial charge in [-0.25, -0.2) is 0 Å². The van der Waals surface area contributed by atoms with Crippen molar-refractivity contribution < 1.29 is 27.5 Å².